The Hall–Kier alpha value is -10.9. The molecule has 2 N–H and O–H groups in total. The Balaban J connectivity index is 0.000000115. The van der Waals surface area contributed by atoms with Gasteiger partial charge in [-0.1, -0.05) is 275 Å². The smallest absolute Gasteiger partial charge is 0.423 e. The van der Waals surface area contributed by atoms with Gasteiger partial charge in [0.2, 0.25) is 0 Å². The largest absolute Gasteiger partial charge is 0.516 e. The molecule has 1 saturated heterocycles. The number of benzene rings is 12. The van der Waals surface area contributed by atoms with E-state index >= 15 is 0 Å². The van der Waals surface area contributed by atoms with Gasteiger partial charge in [-0.15, -0.1) is 0 Å². The van der Waals surface area contributed by atoms with Gasteiger partial charge in [0, 0.05) is 58.4 Å². The zero-order valence-electron chi connectivity index (χ0n) is 59.7. The van der Waals surface area contributed by atoms with Crippen molar-refractivity contribution in [2.45, 2.75) is 38.9 Å². The summed E-state index contributed by atoms with van der Waals surface area (Å²) < 4.78 is 21.5. The van der Waals surface area contributed by atoms with Gasteiger partial charge >= 0.3 is 14.2 Å². The number of halogens is 3. The molecule has 19 rings (SSSR count). The maximum Gasteiger partial charge on any atom is 0.516 e. The van der Waals surface area contributed by atoms with Crippen LogP contribution in [-0.4, -0.2) is 64.3 Å². The lowest BCUT2D eigenvalue weighted by Crippen LogP contribution is -2.41. The van der Waals surface area contributed by atoms with Gasteiger partial charge in [0.15, 0.2) is 0 Å². The first-order chi connectivity index (χ1) is 52.5. The van der Waals surface area contributed by atoms with Gasteiger partial charge in [0.1, 0.15) is 0 Å². The Morgan fingerprint density at radius 2 is 0.602 bits per heavy atom. The van der Waals surface area contributed by atoms with E-state index in [1.165, 1.54) is 69.3 Å². The number of rotatable bonds is 9. The predicted molar refractivity (Wildman–Crippen MR) is 463 cm³/mol. The van der Waals surface area contributed by atoms with Crippen molar-refractivity contribution in [2.24, 2.45) is 0 Å². The molecule has 6 aromatic heterocycles. The molecule has 0 amide bonds. The van der Waals surface area contributed by atoms with Crippen LogP contribution in [0.5, 0.6) is 0 Å². The van der Waals surface area contributed by atoms with Crippen molar-refractivity contribution in [3.8, 4) is 78.1 Å². The maximum atomic E-state index is 9.52. The standard InChI is InChI=1S/C35H24N2.C18H15BO2.C17H19BN2O2.C17H11BrN2.C6H4BrI/c1-3-9-25(10-4-1)31-19-32(26-11-5-2-6-12-26)21-33(20-31)27-15-17-28(18-16-27)35-23-34-22-29-13-7-8-14-30(29)24-37(34)36-35;20-19(21)18-12-16(14-7-3-1-4-8-14)11-17(13-18)15-9-5-2-6-10-15;1-16(2)17(3,4)22-18(21-16)15-10-14-9-12-7-5-6-8-13(12)11-20(14)19-15;18-15-7-5-12(6-8-15)17-10-16-9-13-3-1-2-4-14(13)11-20(16)19-17;7-5-1-3-6(8)4-2-5/h1-24H;1-13,20-21H;5-11H,1-4H3;1-11H;1-4H. The monoisotopic (exact) mass is 1640 g/mol. The van der Waals surface area contributed by atoms with Crippen LogP contribution in [0.2, 0.25) is 0 Å². The van der Waals surface area contributed by atoms with E-state index in [1.807, 2.05) is 141 Å². The highest BCUT2D eigenvalue weighted by atomic mass is 127. The molecule has 0 atom stereocenters. The molecule has 10 nitrogen and oxygen atoms in total. The van der Waals surface area contributed by atoms with Gasteiger partial charge in [-0.3, -0.25) is 0 Å². The third-order valence-electron chi connectivity index (χ3n) is 19.6. The first-order valence-corrected chi connectivity index (χ1v) is 38.3. The van der Waals surface area contributed by atoms with Crippen molar-refractivity contribution in [3.63, 3.8) is 0 Å². The highest BCUT2D eigenvalue weighted by Gasteiger charge is 2.52. The van der Waals surface area contributed by atoms with E-state index in [9.17, 15) is 10.0 Å². The number of pyridine rings is 3. The Kier molecular flexibility index (Phi) is 21.7. The average Bonchev–Trinajstić information content (AvgIpc) is 1.60. The summed E-state index contributed by atoms with van der Waals surface area (Å²) in [5.41, 5.74) is 19.4. The Labute approximate surface area is 659 Å². The van der Waals surface area contributed by atoms with Gasteiger partial charge in [-0.05, 0) is 225 Å². The molecule has 0 aliphatic carbocycles. The first kappa shape index (κ1) is 72.7. The SMILES string of the molecule is Brc1ccc(-c2cc3cc4ccccc4cn3n2)cc1.Brc1ccc(I)cc1.CC1(C)OB(c2cc3cc4ccccc4cn3n2)OC1(C)C.OB(O)c1cc(-c2ccccc2)cc(-c2ccccc2)c1.c1ccc(-c2cc(-c3ccccc3)cc(-c3ccc(-c4cc5cc6ccccc6cn5n4)cc3)c2)cc1. The lowest BCUT2D eigenvalue weighted by molar-refractivity contribution is 0.00578. The van der Waals surface area contributed by atoms with Crippen LogP contribution in [-0.2, 0) is 9.31 Å². The third-order valence-corrected chi connectivity index (χ3v) is 21.3. The molecular formula is C93H73B2Br2IN6O4. The minimum absolute atomic E-state index is 0.349. The van der Waals surface area contributed by atoms with Crippen molar-refractivity contribution in [2.75, 3.05) is 0 Å². The molecular weight excluding hydrogens is 1570 g/mol. The highest BCUT2D eigenvalue weighted by molar-refractivity contribution is 14.1. The van der Waals surface area contributed by atoms with E-state index in [1.54, 1.807) is 0 Å². The van der Waals surface area contributed by atoms with Gasteiger partial charge in [-0.25, -0.2) is 13.5 Å². The molecule has 0 saturated carbocycles. The van der Waals surface area contributed by atoms with Crippen LogP contribution in [0.3, 0.4) is 0 Å². The molecule has 7 heterocycles. The summed E-state index contributed by atoms with van der Waals surface area (Å²) in [7, 11) is -1.90. The summed E-state index contributed by atoms with van der Waals surface area (Å²) >= 11 is 9.07. The summed E-state index contributed by atoms with van der Waals surface area (Å²) in [6.07, 6.45) is 6.22. The van der Waals surface area contributed by atoms with Crippen molar-refractivity contribution in [1.82, 2.24) is 28.8 Å². The fourth-order valence-corrected chi connectivity index (χ4v) is 14.0. The topological polar surface area (TPSA) is 111 Å². The molecule has 18 aromatic rings. The summed E-state index contributed by atoms with van der Waals surface area (Å²) in [6, 6.07) is 117. The highest BCUT2D eigenvalue weighted by Crippen LogP contribution is 2.38. The van der Waals surface area contributed by atoms with Crippen molar-refractivity contribution in [1.29, 1.82) is 0 Å². The summed E-state index contributed by atoms with van der Waals surface area (Å²) in [5, 5.41) is 40.4. The third kappa shape index (κ3) is 16.9. The van der Waals surface area contributed by atoms with Crippen LogP contribution >= 0.6 is 54.5 Å². The van der Waals surface area contributed by atoms with Gasteiger partial charge in [-0.2, -0.15) is 15.3 Å². The van der Waals surface area contributed by atoms with E-state index in [0.29, 0.717) is 5.46 Å². The molecule has 0 bridgehead atoms. The van der Waals surface area contributed by atoms with Gasteiger partial charge in [0.25, 0.3) is 0 Å². The predicted octanol–water partition coefficient (Wildman–Crippen LogP) is 22.6. The molecule has 526 valence electrons. The maximum absolute atomic E-state index is 9.52. The molecule has 12 aromatic carbocycles. The molecule has 108 heavy (non-hydrogen) atoms. The second-order valence-electron chi connectivity index (χ2n) is 27.5. The number of hydrogen-bond acceptors (Lipinski definition) is 7. The lowest BCUT2D eigenvalue weighted by Gasteiger charge is -2.32. The molecule has 1 fully saturated rings. The zero-order chi connectivity index (χ0) is 74.3. The zero-order valence-corrected chi connectivity index (χ0v) is 65.1. The van der Waals surface area contributed by atoms with Crippen LogP contribution in [0.4, 0.5) is 0 Å². The van der Waals surface area contributed by atoms with Crippen LogP contribution in [0.1, 0.15) is 27.7 Å². The Morgan fingerprint density at radius 1 is 0.315 bits per heavy atom. The summed E-state index contributed by atoms with van der Waals surface area (Å²) in [5.74, 6) is 0. The van der Waals surface area contributed by atoms with E-state index in [4.69, 9.17) is 14.4 Å². The normalized spacial score (nSPS) is 12.7. The van der Waals surface area contributed by atoms with E-state index < -0.39 is 14.2 Å². The summed E-state index contributed by atoms with van der Waals surface area (Å²) in [4.78, 5) is 0. The van der Waals surface area contributed by atoms with Crippen molar-refractivity contribution >= 4 is 129 Å². The van der Waals surface area contributed by atoms with E-state index in [2.05, 4.69) is 323 Å². The second kappa shape index (κ2) is 32.3. The fraction of sp³-hybridized carbons (Fsp3) is 0.0645. The second-order valence-corrected chi connectivity index (χ2v) is 30.6. The average molecular weight is 1650 g/mol. The minimum Gasteiger partial charge on any atom is -0.423 e. The summed E-state index contributed by atoms with van der Waals surface area (Å²) in [6.45, 7) is 8.21. The van der Waals surface area contributed by atoms with E-state index in [0.717, 1.165) is 75.9 Å². The van der Waals surface area contributed by atoms with Gasteiger partial charge in [0.05, 0.1) is 44.7 Å². The molecule has 0 spiro atoms. The fourth-order valence-electron chi connectivity index (χ4n) is 13.1. The quantitative estimate of drug-likeness (QED) is 0.109. The molecule has 0 unspecified atom stereocenters. The van der Waals surface area contributed by atoms with Gasteiger partial charge < -0.3 is 19.4 Å². The van der Waals surface area contributed by atoms with Crippen LogP contribution < -0.4 is 11.1 Å². The van der Waals surface area contributed by atoms with Crippen molar-refractivity contribution in [3.05, 3.63) is 371 Å². The number of hydrogen-bond donors (Lipinski definition) is 2. The lowest BCUT2D eigenvalue weighted by atomic mass is 9.77. The number of aromatic nitrogens is 6. The first-order valence-electron chi connectivity index (χ1n) is 35.6. The Bertz CT molecular complexity index is 5840. The number of nitrogens with zero attached hydrogens (tertiary/aromatic N) is 6. The van der Waals surface area contributed by atoms with Crippen LogP contribution in [0, 0.1) is 3.57 Å². The van der Waals surface area contributed by atoms with Crippen LogP contribution in [0.25, 0.3) is 127 Å². The van der Waals surface area contributed by atoms with Crippen molar-refractivity contribution < 1.29 is 19.4 Å². The molecule has 1 aliphatic heterocycles. The minimum atomic E-state index is -1.48. The molecule has 15 heteroatoms. The number of fused-ring (bicyclic) bond motifs is 6. The van der Waals surface area contributed by atoms with Crippen LogP contribution in [0.15, 0.2) is 367 Å². The Morgan fingerprint density at radius 3 is 0.954 bits per heavy atom. The van der Waals surface area contributed by atoms with E-state index in [-0.39, 0.29) is 11.2 Å². The molecule has 1 aliphatic rings. The molecule has 0 radical (unpaired) electrons.